The maximum atomic E-state index is 12.5. The van der Waals surface area contributed by atoms with Crippen molar-refractivity contribution in [2.45, 2.75) is 77.0 Å². The SMILES string of the molecule is CCO[C@H]1CC[C@](C)(N2CCC(n3c(=O)[nH]c4cnc(C)cc43)CC2)CC1.Cl.Cl. The molecule has 1 aliphatic heterocycles. The van der Waals surface area contributed by atoms with Crippen molar-refractivity contribution in [3.63, 3.8) is 0 Å². The van der Waals surface area contributed by atoms with E-state index in [-0.39, 0.29) is 42.1 Å². The molecule has 1 saturated heterocycles. The van der Waals surface area contributed by atoms with Crippen LogP contribution in [0.3, 0.4) is 0 Å². The van der Waals surface area contributed by atoms with Gasteiger partial charge in [0.1, 0.15) is 0 Å². The Morgan fingerprint density at radius 3 is 2.48 bits per heavy atom. The highest BCUT2D eigenvalue weighted by atomic mass is 35.5. The number of aromatic amines is 1. The van der Waals surface area contributed by atoms with E-state index >= 15 is 0 Å². The van der Waals surface area contributed by atoms with Crippen LogP contribution in [0.2, 0.25) is 0 Å². The molecule has 1 aliphatic carbocycles. The van der Waals surface area contributed by atoms with E-state index in [1.807, 2.05) is 17.6 Å². The second-order valence-corrected chi connectivity index (χ2v) is 8.51. The topological polar surface area (TPSA) is 63.1 Å². The number of hydrogen-bond donors (Lipinski definition) is 1. The Morgan fingerprint density at radius 2 is 1.86 bits per heavy atom. The van der Waals surface area contributed by atoms with Crippen molar-refractivity contribution in [2.24, 2.45) is 0 Å². The monoisotopic (exact) mass is 444 g/mol. The predicted octanol–water partition coefficient (Wildman–Crippen LogP) is 4.25. The van der Waals surface area contributed by atoms with Crippen LogP contribution in [0.5, 0.6) is 0 Å². The van der Waals surface area contributed by atoms with E-state index in [2.05, 4.69) is 28.7 Å². The maximum absolute atomic E-state index is 12.5. The second kappa shape index (κ2) is 9.82. The number of piperidine rings is 1. The van der Waals surface area contributed by atoms with E-state index in [0.29, 0.717) is 6.10 Å². The van der Waals surface area contributed by atoms with Crippen LogP contribution < -0.4 is 5.69 Å². The van der Waals surface area contributed by atoms with Crippen molar-refractivity contribution < 1.29 is 4.74 Å². The summed E-state index contributed by atoms with van der Waals surface area (Å²) >= 11 is 0. The molecule has 2 aromatic heterocycles. The van der Waals surface area contributed by atoms with Crippen LogP contribution in [-0.4, -0.2) is 50.8 Å². The van der Waals surface area contributed by atoms with Gasteiger partial charge in [-0.3, -0.25) is 14.5 Å². The first-order valence-electron chi connectivity index (χ1n) is 10.4. The van der Waals surface area contributed by atoms with Crippen LogP contribution in [0.25, 0.3) is 11.0 Å². The Hall–Kier alpha value is -1.08. The third-order valence-electron chi connectivity index (χ3n) is 6.74. The summed E-state index contributed by atoms with van der Waals surface area (Å²) in [6.07, 6.45) is 9.02. The number of rotatable bonds is 4. The van der Waals surface area contributed by atoms with Gasteiger partial charge in [0.25, 0.3) is 0 Å². The van der Waals surface area contributed by atoms with Gasteiger partial charge in [-0.25, -0.2) is 4.79 Å². The lowest BCUT2D eigenvalue weighted by Gasteiger charge is -2.48. The number of likely N-dealkylation sites (tertiary alicyclic amines) is 1. The molecule has 1 saturated carbocycles. The Kier molecular flexibility index (Phi) is 8.19. The second-order valence-electron chi connectivity index (χ2n) is 8.51. The van der Waals surface area contributed by atoms with Crippen LogP contribution in [-0.2, 0) is 4.74 Å². The highest BCUT2D eigenvalue weighted by Crippen LogP contribution is 2.37. The van der Waals surface area contributed by atoms with E-state index in [4.69, 9.17) is 4.74 Å². The zero-order valence-corrected chi connectivity index (χ0v) is 19.3. The normalized spacial score (nSPS) is 26.1. The van der Waals surface area contributed by atoms with Gasteiger partial charge < -0.3 is 9.72 Å². The summed E-state index contributed by atoms with van der Waals surface area (Å²) in [5.74, 6) is 0. The molecule has 0 radical (unpaired) electrons. The zero-order valence-electron chi connectivity index (χ0n) is 17.6. The van der Waals surface area contributed by atoms with Gasteiger partial charge in [0.05, 0.1) is 23.3 Å². The lowest BCUT2D eigenvalue weighted by Crippen LogP contribution is -2.53. The first-order chi connectivity index (χ1) is 13.0. The van der Waals surface area contributed by atoms with Gasteiger partial charge in [-0.15, -0.1) is 24.8 Å². The Morgan fingerprint density at radius 1 is 1.21 bits per heavy atom. The standard InChI is InChI=1S/C21H32N4O2.2ClH/c1-4-27-17-5-9-21(3,10-6-17)24-11-7-16(8-12-24)25-19-13-15(2)22-14-18(19)23-20(25)26;;/h13-14,16-17H,4-12H2,1-3H3,(H,23,26);2*1H/t17-,21-;;. The van der Waals surface area contributed by atoms with Crippen molar-refractivity contribution in [3.05, 3.63) is 28.4 Å². The first-order valence-corrected chi connectivity index (χ1v) is 10.4. The molecule has 8 heteroatoms. The van der Waals surface area contributed by atoms with E-state index < -0.39 is 0 Å². The van der Waals surface area contributed by atoms with E-state index in [1.165, 1.54) is 25.7 Å². The van der Waals surface area contributed by atoms with E-state index in [0.717, 1.165) is 49.3 Å². The molecule has 2 aromatic rings. The maximum Gasteiger partial charge on any atom is 0.326 e. The third kappa shape index (κ3) is 4.82. The number of hydrogen-bond acceptors (Lipinski definition) is 4. The molecule has 0 unspecified atom stereocenters. The molecular weight excluding hydrogens is 411 g/mol. The summed E-state index contributed by atoms with van der Waals surface area (Å²) < 4.78 is 7.80. The molecule has 2 aliphatic rings. The molecule has 0 amide bonds. The minimum absolute atomic E-state index is 0. The summed E-state index contributed by atoms with van der Waals surface area (Å²) in [5.41, 5.74) is 3.07. The molecule has 3 heterocycles. The van der Waals surface area contributed by atoms with Gasteiger partial charge in [-0.2, -0.15) is 0 Å². The quantitative estimate of drug-likeness (QED) is 0.764. The molecule has 29 heavy (non-hydrogen) atoms. The molecular formula is C21H34Cl2N4O2. The molecule has 0 aromatic carbocycles. The first kappa shape index (κ1) is 24.2. The van der Waals surface area contributed by atoms with Crippen molar-refractivity contribution in [2.75, 3.05) is 19.7 Å². The van der Waals surface area contributed by atoms with Crippen LogP contribution in [0.15, 0.2) is 17.1 Å². The summed E-state index contributed by atoms with van der Waals surface area (Å²) in [5, 5.41) is 0. The van der Waals surface area contributed by atoms with Crippen LogP contribution in [0.4, 0.5) is 0 Å². The number of imidazole rings is 1. The molecule has 4 rings (SSSR count). The Balaban J connectivity index is 0.00000150. The number of aromatic nitrogens is 3. The van der Waals surface area contributed by atoms with Gasteiger partial charge in [0.2, 0.25) is 0 Å². The van der Waals surface area contributed by atoms with E-state index in [9.17, 15) is 4.79 Å². The fraction of sp³-hybridized carbons (Fsp3) is 0.714. The van der Waals surface area contributed by atoms with Crippen molar-refractivity contribution in [3.8, 4) is 0 Å². The zero-order chi connectivity index (χ0) is 19.0. The number of H-pyrrole nitrogens is 1. The fourth-order valence-corrected chi connectivity index (χ4v) is 5.08. The average Bonchev–Trinajstić information content (AvgIpc) is 2.99. The van der Waals surface area contributed by atoms with Crippen LogP contribution in [0.1, 0.15) is 64.1 Å². The van der Waals surface area contributed by atoms with Crippen LogP contribution in [0, 0.1) is 6.92 Å². The summed E-state index contributed by atoms with van der Waals surface area (Å²) in [7, 11) is 0. The fourth-order valence-electron chi connectivity index (χ4n) is 5.08. The largest absolute Gasteiger partial charge is 0.379 e. The summed E-state index contributed by atoms with van der Waals surface area (Å²) in [4.78, 5) is 22.5. The Labute approximate surface area is 185 Å². The van der Waals surface area contributed by atoms with Gasteiger partial charge in [0, 0.05) is 37.0 Å². The number of nitrogens with zero attached hydrogens (tertiary/aromatic N) is 3. The Bertz CT molecular complexity index is 850. The van der Waals surface area contributed by atoms with Gasteiger partial charge in [-0.05, 0) is 65.4 Å². The van der Waals surface area contributed by atoms with Crippen molar-refractivity contribution in [1.29, 1.82) is 0 Å². The number of aryl methyl sites for hydroxylation is 1. The summed E-state index contributed by atoms with van der Waals surface area (Å²) in [6, 6.07) is 2.29. The number of fused-ring (bicyclic) bond motifs is 1. The molecule has 0 spiro atoms. The minimum atomic E-state index is -0.000663. The van der Waals surface area contributed by atoms with Gasteiger partial charge >= 0.3 is 5.69 Å². The van der Waals surface area contributed by atoms with Crippen LogP contribution >= 0.6 is 24.8 Å². The molecule has 6 nitrogen and oxygen atoms in total. The average molecular weight is 445 g/mol. The third-order valence-corrected chi connectivity index (χ3v) is 6.74. The molecule has 0 bridgehead atoms. The summed E-state index contributed by atoms with van der Waals surface area (Å²) in [6.45, 7) is 9.42. The molecule has 1 N–H and O–H groups in total. The number of pyridine rings is 1. The lowest BCUT2D eigenvalue weighted by molar-refractivity contribution is -0.0273. The highest BCUT2D eigenvalue weighted by molar-refractivity contribution is 5.85. The number of ether oxygens (including phenoxy) is 1. The number of halogens is 2. The molecule has 2 fully saturated rings. The predicted molar refractivity (Wildman–Crippen MR) is 122 cm³/mol. The smallest absolute Gasteiger partial charge is 0.326 e. The van der Waals surface area contributed by atoms with Gasteiger partial charge in [0.15, 0.2) is 0 Å². The van der Waals surface area contributed by atoms with Gasteiger partial charge in [-0.1, -0.05) is 0 Å². The minimum Gasteiger partial charge on any atom is -0.379 e. The van der Waals surface area contributed by atoms with E-state index in [1.54, 1.807) is 6.20 Å². The highest BCUT2D eigenvalue weighted by Gasteiger charge is 2.38. The number of nitrogens with one attached hydrogen (secondary N) is 1. The molecule has 164 valence electrons. The lowest BCUT2D eigenvalue weighted by atomic mass is 9.79. The molecule has 0 atom stereocenters. The van der Waals surface area contributed by atoms with Crippen molar-refractivity contribution >= 4 is 35.8 Å². The van der Waals surface area contributed by atoms with Crippen molar-refractivity contribution in [1.82, 2.24) is 19.4 Å².